The monoisotopic (exact) mass is 183 g/mol. The smallest absolute Gasteiger partial charge is 0.227 e. The van der Waals surface area contributed by atoms with E-state index < -0.39 is 0 Å². The first-order valence-electron chi connectivity index (χ1n) is 4.73. The molecule has 13 heavy (non-hydrogen) atoms. The van der Waals surface area contributed by atoms with Gasteiger partial charge in [0.2, 0.25) is 5.91 Å². The topological polar surface area (TPSA) is 49.6 Å². The summed E-state index contributed by atoms with van der Waals surface area (Å²) in [6.07, 6.45) is 0. The fraction of sp³-hybridized carbons (Fsp3) is 0.889. The van der Waals surface area contributed by atoms with Gasteiger partial charge in [0.1, 0.15) is 0 Å². The lowest BCUT2D eigenvalue weighted by Gasteiger charge is -2.25. The molecule has 2 unspecified atom stereocenters. The molecule has 0 spiro atoms. The SMILES string of the molecule is CN1CC2C(=O)N(C)CC2(CN)C1. The Balaban J connectivity index is 2.28. The van der Waals surface area contributed by atoms with Crippen molar-refractivity contribution in [1.29, 1.82) is 0 Å². The number of hydrogen-bond donors (Lipinski definition) is 1. The third-order valence-electron chi connectivity index (χ3n) is 3.45. The molecule has 0 saturated carbocycles. The number of nitrogens with zero attached hydrogens (tertiary/aromatic N) is 2. The molecule has 2 N–H and O–H groups in total. The molecule has 2 aliphatic rings. The van der Waals surface area contributed by atoms with Crippen LogP contribution in [0.25, 0.3) is 0 Å². The Morgan fingerprint density at radius 2 is 2.23 bits per heavy atom. The number of rotatable bonds is 1. The lowest BCUT2D eigenvalue weighted by molar-refractivity contribution is -0.130. The summed E-state index contributed by atoms with van der Waals surface area (Å²) in [6.45, 7) is 3.29. The fourth-order valence-electron chi connectivity index (χ4n) is 2.81. The standard InChI is InChI=1S/C9H17N3O/c1-11-3-7-8(13)12(2)6-9(7,4-10)5-11/h7H,3-6,10H2,1-2H3. The highest BCUT2D eigenvalue weighted by Crippen LogP contribution is 2.41. The highest BCUT2D eigenvalue weighted by molar-refractivity contribution is 5.82. The van der Waals surface area contributed by atoms with E-state index in [1.165, 1.54) is 0 Å². The van der Waals surface area contributed by atoms with Gasteiger partial charge in [0.25, 0.3) is 0 Å². The largest absolute Gasteiger partial charge is 0.345 e. The van der Waals surface area contributed by atoms with Gasteiger partial charge in [-0.2, -0.15) is 0 Å². The Bertz CT molecular complexity index is 243. The first-order valence-corrected chi connectivity index (χ1v) is 4.73. The average molecular weight is 183 g/mol. The normalized spacial score (nSPS) is 40.1. The number of carbonyl (C=O) groups excluding carboxylic acids is 1. The molecule has 0 aromatic carbocycles. The predicted octanol–water partition coefficient (Wildman–Crippen LogP) is -1.03. The van der Waals surface area contributed by atoms with E-state index in [1.807, 2.05) is 11.9 Å². The van der Waals surface area contributed by atoms with E-state index in [1.54, 1.807) is 0 Å². The van der Waals surface area contributed by atoms with Crippen molar-refractivity contribution in [3.05, 3.63) is 0 Å². The Labute approximate surface area is 78.7 Å². The van der Waals surface area contributed by atoms with Crippen LogP contribution in [0.3, 0.4) is 0 Å². The number of likely N-dealkylation sites (tertiary alicyclic amines) is 2. The minimum absolute atomic E-state index is 0.0422. The van der Waals surface area contributed by atoms with Gasteiger partial charge in [-0.3, -0.25) is 4.79 Å². The van der Waals surface area contributed by atoms with E-state index in [9.17, 15) is 4.79 Å². The van der Waals surface area contributed by atoms with Gasteiger partial charge in [-0.15, -0.1) is 0 Å². The van der Waals surface area contributed by atoms with Crippen LogP contribution in [0.5, 0.6) is 0 Å². The Kier molecular flexibility index (Phi) is 1.85. The zero-order chi connectivity index (χ0) is 9.64. The second-order valence-electron chi connectivity index (χ2n) is 4.51. The van der Waals surface area contributed by atoms with Crippen LogP contribution in [-0.2, 0) is 4.79 Å². The van der Waals surface area contributed by atoms with Gasteiger partial charge in [-0.1, -0.05) is 0 Å². The summed E-state index contributed by atoms with van der Waals surface area (Å²) in [5, 5.41) is 0. The maximum absolute atomic E-state index is 11.7. The van der Waals surface area contributed by atoms with Crippen LogP contribution in [-0.4, -0.2) is 56.0 Å². The zero-order valence-electron chi connectivity index (χ0n) is 8.29. The summed E-state index contributed by atoms with van der Waals surface area (Å²) in [7, 11) is 3.93. The Morgan fingerprint density at radius 1 is 1.54 bits per heavy atom. The third-order valence-corrected chi connectivity index (χ3v) is 3.45. The molecular formula is C9H17N3O. The van der Waals surface area contributed by atoms with Crippen LogP contribution >= 0.6 is 0 Å². The fourth-order valence-corrected chi connectivity index (χ4v) is 2.81. The molecule has 2 fully saturated rings. The number of hydrogen-bond acceptors (Lipinski definition) is 3. The van der Waals surface area contributed by atoms with E-state index in [-0.39, 0.29) is 17.2 Å². The second kappa shape index (κ2) is 2.69. The molecule has 2 atom stereocenters. The van der Waals surface area contributed by atoms with Crippen molar-refractivity contribution < 1.29 is 4.79 Å². The molecule has 0 aliphatic carbocycles. The van der Waals surface area contributed by atoms with Gasteiger partial charge in [0.05, 0.1) is 5.92 Å². The minimum Gasteiger partial charge on any atom is -0.345 e. The third kappa shape index (κ3) is 1.09. The van der Waals surface area contributed by atoms with Gasteiger partial charge < -0.3 is 15.5 Å². The van der Waals surface area contributed by atoms with Crippen LogP contribution in [0.15, 0.2) is 0 Å². The number of amides is 1. The summed E-state index contributed by atoms with van der Waals surface area (Å²) in [4.78, 5) is 15.8. The van der Waals surface area contributed by atoms with Crippen LogP contribution in [0.4, 0.5) is 0 Å². The minimum atomic E-state index is 0.0422. The summed E-state index contributed by atoms with van der Waals surface area (Å²) in [5.41, 5.74) is 5.83. The van der Waals surface area contributed by atoms with Gasteiger partial charge >= 0.3 is 0 Å². The van der Waals surface area contributed by atoms with E-state index in [4.69, 9.17) is 5.73 Å². The van der Waals surface area contributed by atoms with E-state index in [0.717, 1.165) is 19.6 Å². The van der Waals surface area contributed by atoms with Crippen LogP contribution < -0.4 is 5.73 Å². The van der Waals surface area contributed by atoms with Crippen LogP contribution in [0.1, 0.15) is 0 Å². The highest BCUT2D eigenvalue weighted by Gasteiger charge is 2.54. The first kappa shape index (κ1) is 8.97. The van der Waals surface area contributed by atoms with E-state index >= 15 is 0 Å². The van der Waals surface area contributed by atoms with Crippen molar-refractivity contribution in [2.45, 2.75) is 0 Å². The van der Waals surface area contributed by atoms with Gasteiger partial charge in [0.15, 0.2) is 0 Å². The molecule has 2 aliphatic heterocycles. The number of carbonyl (C=O) groups is 1. The van der Waals surface area contributed by atoms with E-state index in [2.05, 4.69) is 11.9 Å². The van der Waals surface area contributed by atoms with Crippen LogP contribution in [0, 0.1) is 11.3 Å². The van der Waals surface area contributed by atoms with Crippen molar-refractivity contribution in [1.82, 2.24) is 9.80 Å². The molecule has 0 bridgehead atoms. The molecule has 4 nitrogen and oxygen atoms in total. The summed E-state index contributed by atoms with van der Waals surface area (Å²) in [5.74, 6) is 0.419. The lowest BCUT2D eigenvalue weighted by Crippen LogP contribution is -2.39. The quantitative estimate of drug-likeness (QED) is 0.565. The molecule has 74 valence electrons. The predicted molar refractivity (Wildman–Crippen MR) is 50.1 cm³/mol. The molecule has 0 radical (unpaired) electrons. The maximum Gasteiger partial charge on any atom is 0.227 e. The Hall–Kier alpha value is -0.610. The lowest BCUT2D eigenvalue weighted by atomic mass is 9.81. The van der Waals surface area contributed by atoms with Gasteiger partial charge in [-0.25, -0.2) is 0 Å². The van der Waals surface area contributed by atoms with Crippen molar-refractivity contribution in [3.8, 4) is 0 Å². The zero-order valence-corrected chi connectivity index (χ0v) is 8.29. The molecule has 1 amide bonds. The van der Waals surface area contributed by atoms with Crippen molar-refractivity contribution >= 4 is 5.91 Å². The average Bonchev–Trinajstić information content (AvgIpc) is 2.51. The summed E-state index contributed by atoms with van der Waals surface area (Å²) >= 11 is 0. The van der Waals surface area contributed by atoms with Crippen molar-refractivity contribution in [2.24, 2.45) is 17.1 Å². The molecule has 2 saturated heterocycles. The van der Waals surface area contributed by atoms with Gasteiger partial charge in [-0.05, 0) is 7.05 Å². The molecular weight excluding hydrogens is 166 g/mol. The number of nitrogens with two attached hydrogens (primary N) is 1. The van der Waals surface area contributed by atoms with Crippen LogP contribution in [0.2, 0.25) is 0 Å². The van der Waals surface area contributed by atoms with Crippen molar-refractivity contribution in [3.63, 3.8) is 0 Å². The van der Waals surface area contributed by atoms with Gasteiger partial charge in [0, 0.05) is 38.6 Å². The summed E-state index contributed by atoms with van der Waals surface area (Å²) < 4.78 is 0. The number of fused-ring (bicyclic) bond motifs is 1. The summed E-state index contributed by atoms with van der Waals surface area (Å²) in [6, 6.07) is 0. The Morgan fingerprint density at radius 3 is 2.77 bits per heavy atom. The molecule has 2 heterocycles. The molecule has 4 heteroatoms. The van der Waals surface area contributed by atoms with E-state index in [0.29, 0.717) is 6.54 Å². The molecule has 0 aromatic rings. The maximum atomic E-state index is 11.7. The second-order valence-corrected chi connectivity index (χ2v) is 4.51. The van der Waals surface area contributed by atoms with Crippen molar-refractivity contribution in [2.75, 3.05) is 40.3 Å². The highest BCUT2D eigenvalue weighted by atomic mass is 16.2. The molecule has 2 rings (SSSR count). The first-order chi connectivity index (χ1) is 6.09. The molecule has 0 aromatic heterocycles.